The number of alkyl halides is 3. The van der Waals surface area contributed by atoms with Gasteiger partial charge in [-0.1, -0.05) is 46.9 Å². The fourth-order valence-electron chi connectivity index (χ4n) is 3.20. The average Bonchev–Trinajstić information content (AvgIpc) is 3.06. The lowest BCUT2D eigenvalue weighted by atomic mass is 9.96. The van der Waals surface area contributed by atoms with E-state index in [2.05, 4.69) is 5.32 Å². The molecule has 4 nitrogen and oxygen atoms in total. The summed E-state index contributed by atoms with van der Waals surface area (Å²) in [5.41, 5.74) is -1.30. The molecule has 31 heavy (non-hydrogen) atoms. The van der Waals surface area contributed by atoms with E-state index in [4.69, 9.17) is 34.8 Å². The van der Waals surface area contributed by atoms with E-state index in [9.17, 15) is 22.8 Å². The normalized spacial score (nSPS) is 18.4. The summed E-state index contributed by atoms with van der Waals surface area (Å²) in [6.45, 7) is 1.97. The van der Waals surface area contributed by atoms with Crippen molar-refractivity contribution in [1.29, 1.82) is 0 Å². The van der Waals surface area contributed by atoms with Crippen molar-refractivity contribution in [3.8, 4) is 0 Å². The van der Waals surface area contributed by atoms with E-state index < -0.39 is 29.0 Å². The molecule has 3 rings (SSSR count). The number of halogens is 6. The second kappa shape index (κ2) is 8.73. The number of nitrogens with one attached hydrogen (secondary N) is 1. The van der Waals surface area contributed by atoms with Crippen LogP contribution in [0.4, 0.5) is 18.9 Å². The number of ketones is 1. The monoisotopic (exact) mass is 490 g/mol. The minimum atomic E-state index is -5.11. The quantitative estimate of drug-likeness (QED) is 0.485. The maximum Gasteiger partial charge on any atom is 0.454 e. The van der Waals surface area contributed by atoms with Crippen LogP contribution >= 0.6 is 34.8 Å². The molecule has 0 saturated carbocycles. The van der Waals surface area contributed by atoms with Gasteiger partial charge in [-0.2, -0.15) is 13.2 Å². The van der Waals surface area contributed by atoms with Crippen LogP contribution in [0, 0.1) is 0 Å². The van der Waals surface area contributed by atoms with Crippen molar-refractivity contribution in [3.63, 3.8) is 0 Å². The molecule has 0 spiro atoms. The molecule has 2 aromatic rings. The Hall–Kier alpha value is -2.22. The molecule has 0 saturated heterocycles. The maximum atomic E-state index is 13.1. The first-order valence-corrected chi connectivity index (χ1v) is 10.1. The third kappa shape index (κ3) is 5.00. The lowest BCUT2D eigenvalue weighted by Crippen LogP contribution is -2.49. The van der Waals surface area contributed by atoms with Crippen LogP contribution in [0.15, 0.2) is 48.7 Å². The van der Waals surface area contributed by atoms with Gasteiger partial charge in [0, 0.05) is 11.6 Å². The molecule has 0 radical (unpaired) electrons. The van der Waals surface area contributed by atoms with Crippen LogP contribution in [0.1, 0.15) is 29.3 Å². The Bertz CT molecular complexity index is 1070. The Balaban J connectivity index is 1.85. The molecule has 1 heterocycles. The summed E-state index contributed by atoms with van der Waals surface area (Å²) in [5, 5.41) is 3.17. The van der Waals surface area contributed by atoms with Gasteiger partial charge in [0.1, 0.15) is 5.54 Å². The van der Waals surface area contributed by atoms with Gasteiger partial charge < -0.3 is 10.2 Å². The van der Waals surface area contributed by atoms with Crippen molar-refractivity contribution >= 4 is 52.2 Å². The van der Waals surface area contributed by atoms with Gasteiger partial charge in [0.2, 0.25) is 5.91 Å². The van der Waals surface area contributed by atoms with Gasteiger partial charge in [-0.15, -0.1) is 0 Å². The van der Waals surface area contributed by atoms with E-state index in [1.165, 1.54) is 12.1 Å². The SMILES string of the molecule is C[C@]1(C(=O)Nc2ccc(Cl)cc2C(=O)C(F)(F)F)CC=CN1Cc1ccc(Cl)c(Cl)c1. The molecule has 0 bridgehead atoms. The minimum Gasteiger partial charge on any atom is -0.359 e. The van der Waals surface area contributed by atoms with Crippen LogP contribution in [0.5, 0.6) is 0 Å². The number of hydrogen-bond donors (Lipinski definition) is 1. The highest BCUT2D eigenvalue weighted by molar-refractivity contribution is 6.42. The maximum absolute atomic E-state index is 13.1. The van der Waals surface area contributed by atoms with Crippen LogP contribution in [0.25, 0.3) is 0 Å². The molecule has 1 aliphatic heterocycles. The largest absolute Gasteiger partial charge is 0.454 e. The predicted octanol–water partition coefficient (Wildman–Crippen LogP) is 6.51. The molecule has 10 heteroatoms. The zero-order chi connectivity index (χ0) is 23.0. The van der Waals surface area contributed by atoms with Gasteiger partial charge >= 0.3 is 6.18 Å². The Kier molecular flexibility index (Phi) is 6.60. The van der Waals surface area contributed by atoms with Gasteiger partial charge in [-0.05, 0) is 55.4 Å². The molecule has 1 atom stereocenters. The van der Waals surface area contributed by atoms with Crippen molar-refractivity contribution in [2.75, 3.05) is 5.32 Å². The van der Waals surface area contributed by atoms with Crippen molar-refractivity contribution in [2.24, 2.45) is 0 Å². The van der Waals surface area contributed by atoms with Gasteiger partial charge in [-0.3, -0.25) is 9.59 Å². The van der Waals surface area contributed by atoms with Gasteiger partial charge in [0.05, 0.1) is 21.3 Å². The van der Waals surface area contributed by atoms with Crippen LogP contribution in [0.2, 0.25) is 15.1 Å². The fraction of sp³-hybridized carbons (Fsp3) is 0.238. The van der Waals surface area contributed by atoms with Crippen molar-refractivity contribution in [1.82, 2.24) is 4.90 Å². The van der Waals surface area contributed by atoms with E-state index in [0.29, 0.717) is 23.0 Å². The standard InChI is InChI=1S/C21H16Cl3F3N2O2/c1-20(7-2-8-29(20)11-12-3-5-15(23)16(24)9-12)19(31)28-17-6-4-13(22)10-14(17)18(30)21(25,26)27/h2-6,8-10H,7,11H2,1H3,(H,28,31)/t20-/m1/s1. The highest BCUT2D eigenvalue weighted by atomic mass is 35.5. The van der Waals surface area contributed by atoms with Crippen molar-refractivity contribution in [2.45, 2.75) is 31.6 Å². The minimum absolute atomic E-state index is 0.0550. The number of hydrogen-bond acceptors (Lipinski definition) is 3. The van der Waals surface area contributed by atoms with E-state index in [-0.39, 0.29) is 10.7 Å². The molecule has 0 unspecified atom stereocenters. The summed E-state index contributed by atoms with van der Waals surface area (Å²) in [6, 6.07) is 8.43. The summed E-state index contributed by atoms with van der Waals surface area (Å²) >= 11 is 17.8. The lowest BCUT2D eigenvalue weighted by Gasteiger charge is -2.35. The van der Waals surface area contributed by atoms with Crippen molar-refractivity contribution < 1.29 is 22.8 Å². The Morgan fingerprint density at radius 2 is 1.81 bits per heavy atom. The zero-order valence-corrected chi connectivity index (χ0v) is 18.3. The molecular weight excluding hydrogens is 476 g/mol. The number of carbonyl (C=O) groups is 2. The van der Waals surface area contributed by atoms with Crippen LogP contribution in [0.3, 0.4) is 0 Å². The number of benzene rings is 2. The smallest absolute Gasteiger partial charge is 0.359 e. The molecule has 164 valence electrons. The number of anilines is 1. The van der Waals surface area contributed by atoms with Crippen LogP contribution in [-0.4, -0.2) is 28.3 Å². The third-order valence-electron chi connectivity index (χ3n) is 4.99. The molecule has 0 aromatic heterocycles. The van der Waals surface area contributed by atoms with Gasteiger partial charge in [-0.25, -0.2) is 0 Å². The fourth-order valence-corrected chi connectivity index (χ4v) is 3.69. The van der Waals surface area contributed by atoms with Crippen LogP contribution in [-0.2, 0) is 11.3 Å². The van der Waals surface area contributed by atoms with E-state index >= 15 is 0 Å². The van der Waals surface area contributed by atoms with E-state index in [0.717, 1.165) is 11.6 Å². The third-order valence-corrected chi connectivity index (χ3v) is 5.97. The summed E-state index contributed by atoms with van der Waals surface area (Å²) in [6.07, 6.45) is -1.29. The van der Waals surface area contributed by atoms with E-state index in [1.54, 1.807) is 42.3 Å². The summed E-state index contributed by atoms with van der Waals surface area (Å²) < 4.78 is 38.9. The number of amides is 1. The first kappa shape index (κ1) is 23.4. The summed E-state index contributed by atoms with van der Waals surface area (Å²) in [7, 11) is 0. The lowest BCUT2D eigenvalue weighted by molar-refractivity contribution is -0.125. The topological polar surface area (TPSA) is 49.4 Å². The summed E-state index contributed by atoms with van der Waals surface area (Å²) in [5.74, 6) is -2.66. The first-order chi connectivity index (χ1) is 14.4. The number of carbonyl (C=O) groups excluding carboxylic acids is 2. The van der Waals surface area contributed by atoms with Gasteiger partial charge in [0.15, 0.2) is 0 Å². The molecule has 1 N–H and O–H groups in total. The number of nitrogens with zero attached hydrogens (tertiary/aromatic N) is 1. The van der Waals surface area contributed by atoms with Crippen molar-refractivity contribution in [3.05, 3.63) is 74.9 Å². The molecule has 1 amide bonds. The Labute approximate surface area is 191 Å². The second-order valence-electron chi connectivity index (χ2n) is 7.21. The predicted molar refractivity (Wildman–Crippen MR) is 115 cm³/mol. The second-order valence-corrected chi connectivity index (χ2v) is 8.46. The van der Waals surface area contributed by atoms with Crippen LogP contribution < -0.4 is 5.32 Å². The molecule has 0 fully saturated rings. The average molecular weight is 492 g/mol. The summed E-state index contributed by atoms with van der Waals surface area (Å²) in [4.78, 5) is 26.6. The number of Topliss-reactive ketones (excluding diaryl/α,β-unsaturated/α-hetero) is 1. The highest BCUT2D eigenvalue weighted by Gasteiger charge is 2.43. The highest BCUT2D eigenvalue weighted by Crippen LogP contribution is 2.34. The molecule has 1 aliphatic rings. The Morgan fingerprint density at radius 1 is 1.10 bits per heavy atom. The first-order valence-electron chi connectivity index (χ1n) is 9.01. The zero-order valence-electron chi connectivity index (χ0n) is 16.1. The van der Waals surface area contributed by atoms with E-state index in [1.807, 2.05) is 0 Å². The number of rotatable bonds is 5. The molecule has 0 aliphatic carbocycles. The molecular formula is C21H16Cl3F3N2O2. The Morgan fingerprint density at radius 3 is 2.45 bits per heavy atom. The molecule has 2 aromatic carbocycles. The van der Waals surface area contributed by atoms with Gasteiger partial charge in [0.25, 0.3) is 5.78 Å².